The molecule has 0 aliphatic heterocycles. The summed E-state index contributed by atoms with van der Waals surface area (Å²) in [6.07, 6.45) is 1.25. The van der Waals surface area contributed by atoms with Crippen LogP contribution in [0.4, 0.5) is 0 Å². The molecule has 0 bridgehead atoms. The molecule has 0 spiro atoms. The average Bonchev–Trinajstić information content (AvgIpc) is 2.39. The van der Waals surface area contributed by atoms with E-state index in [0.29, 0.717) is 0 Å². The highest BCUT2D eigenvalue weighted by atomic mass is 28.2. The van der Waals surface area contributed by atoms with Crippen molar-refractivity contribution in [3.05, 3.63) is 0 Å². The molecule has 0 amide bonds. The molecule has 0 N–H and O–H groups in total. The molecule has 21 heavy (non-hydrogen) atoms. The van der Waals surface area contributed by atoms with E-state index in [1.54, 1.807) is 0 Å². The van der Waals surface area contributed by atoms with Gasteiger partial charge in [0.1, 0.15) is 10.8 Å². The molecule has 0 saturated heterocycles. The van der Waals surface area contributed by atoms with Gasteiger partial charge in [-0.25, -0.2) is 0 Å². The molecule has 0 aromatic heterocycles. The third-order valence-electron chi connectivity index (χ3n) is 3.56. The summed E-state index contributed by atoms with van der Waals surface area (Å²) in [6.45, 7) is 15.3. The van der Waals surface area contributed by atoms with Crippen LogP contribution in [0.3, 0.4) is 0 Å². The molecule has 0 aliphatic carbocycles. The Hall–Kier alpha value is 0.274. The summed E-state index contributed by atoms with van der Waals surface area (Å²) >= 11 is 0. The molecule has 0 unspecified atom stereocenters. The Morgan fingerprint density at radius 1 is 0.619 bits per heavy atom. The first-order valence-electron chi connectivity index (χ1n) is 8.51. The van der Waals surface area contributed by atoms with Crippen LogP contribution in [0.2, 0.25) is 12.1 Å². The van der Waals surface area contributed by atoms with Crippen molar-refractivity contribution in [3.63, 3.8) is 0 Å². The van der Waals surface area contributed by atoms with Crippen molar-refractivity contribution < 1.29 is 18.9 Å². The number of hydrogen-bond acceptors (Lipinski definition) is 4. The molecule has 4 nitrogen and oxygen atoms in total. The van der Waals surface area contributed by atoms with Gasteiger partial charge in [0.15, 0.2) is 0 Å². The molecule has 6 heteroatoms. The second-order valence-electron chi connectivity index (χ2n) is 5.56. The first kappa shape index (κ1) is 21.3. The highest BCUT2D eigenvalue weighted by Gasteiger charge is 2.26. The molecule has 0 fully saturated rings. The van der Waals surface area contributed by atoms with E-state index in [0.717, 1.165) is 26.4 Å². The molecule has 0 aromatic carbocycles. The van der Waals surface area contributed by atoms with Gasteiger partial charge < -0.3 is 18.9 Å². The Morgan fingerprint density at radius 3 is 1.14 bits per heavy atom. The predicted octanol–water partition coefficient (Wildman–Crippen LogP) is 2.04. The van der Waals surface area contributed by atoms with Gasteiger partial charge in [0.05, 0.1) is 19.0 Å². The number of ether oxygens (including phenoxy) is 4. The summed E-state index contributed by atoms with van der Waals surface area (Å²) in [7, 11) is -0.768. The minimum Gasteiger partial charge on any atom is -0.355 e. The second-order valence-corrected chi connectivity index (χ2v) is 10.5. The summed E-state index contributed by atoms with van der Waals surface area (Å²) in [4.78, 5) is 0. The minimum absolute atomic E-state index is 0.284. The van der Waals surface area contributed by atoms with E-state index in [1.165, 1.54) is 18.5 Å². The van der Waals surface area contributed by atoms with E-state index in [9.17, 15) is 0 Å². The molecule has 0 atom stereocenters. The monoisotopic (exact) mass is 336 g/mol. The largest absolute Gasteiger partial charge is 0.355 e. The average molecular weight is 337 g/mol. The molecule has 0 aliphatic rings. The van der Waals surface area contributed by atoms with Gasteiger partial charge in [-0.05, 0) is 41.5 Å². The first-order valence-corrected chi connectivity index (χ1v) is 11.9. The van der Waals surface area contributed by atoms with Crippen molar-refractivity contribution in [1.82, 2.24) is 0 Å². The zero-order valence-electron chi connectivity index (χ0n) is 15.0. The van der Waals surface area contributed by atoms with Crippen molar-refractivity contribution in [3.8, 4) is 0 Å². The summed E-state index contributed by atoms with van der Waals surface area (Å²) < 4.78 is 23.2. The van der Waals surface area contributed by atoms with E-state index >= 15 is 0 Å². The fraction of sp³-hybridized carbons (Fsp3) is 1.00. The van der Waals surface area contributed by atoms with Crippen LogP contribution in [-0.2, 0) is 18.9 Å². The van der Waals surface area contributed by atoms with E-state index in [2.05, 4.69) is 13.8 Å². The lowest BCUT2D eigenvalue weighted by Gasteiger charge is -2.30. The lowest BCUT2D eigenvalue weighted by molar-refractivity contribution is -0.163. The lowest BCUT2D eigenvalue weighted by Crippen LogP contribution is -2.40. The SMILES string of the molecule is CCOC(C)(OCC)[SiH2]CCC[SiH2]C(C)(OCC)OCC. The zero-order chi connectivity index (χ0) is 16.2. The van der Waals surface area contributed by atoms with Crippen LogP contribution in [0.5, 0.6) is 0 Å². The van der Waals surface area contributed by atoms with Gasteiger partial charge in [-0.1, -0.05) is 18.5 Å². The maximum absolute atomic E-state index is 5.80. The number of hydrogen-bond donors (Lipinski definition) is 0. The van der Waals surface area contributed by atoms with E-state index in [1.807, 2.05) is 27.7 Å². The highest BCUT2D eigenvalue weighted by Crippen LogP contribution is 2.17. The highest BCUT2D eigenvalue weighted by molar-refractivity contribution is 6.40. The zero-order valence-corrected chi connectivity index (χ0v) is 17.8. The maximum atomic E-state index is 5.80. The van der Waals surface area contributed by atoms with Gasteiger partial charge in [0.2, 0.25) is 0 Å². The van der Waals surface area contributed by atoms with Crippen molar-refractivity contribution in [1.29, 1.82) is 0 Å². The van der Waals surface area contributed by atoms with Crippen LogP contribution in [-0.4, -0.2) is 56.3 Å². The van der Waals surface area contributed by atoms with Gasteiger partial charge in [-0.2, -0.15) is 0 Å². The van der Waals surface area contributed by atoms with Crippen LogP contribution in [0.25, 0.3) is 0 Å². The Kier molecular flexibility index (Phi) is 11.9. The van der Waals surface area contributed by atoms with E-state index in [4.69, 9.17) is 18.9 Å². The first-order chi connectivity index (χ1) is 9.95. The van der Waals surface area contributed by atoms with E-state index in [-0.39, 0.29) is 29.9 Å². The van der Waals surface area contributed by atoms with Crippen LogP contribution >= 0.6 is 0 Å². The Bertz CT molecular complexity index is 216. The molecule has 128 valence electrons. The quantitative estimate of drug-likeness (QED) is 0.276. The van der Waals surface area contributed by atoms with Crippen molar-refractivity contribution in [2.75, 3.05) is 26.4 Å². The third-order valence-corrected chi connectivity index (χ3v) is 7.90. The van der Waals surface area contributed by atoms with Gasteiger partial charge in [0, 0.05) is 26.4 Å². The standard InChI is InChI=1S/C15H36O4Si2/c1-7-16-14(5,17-8-2)20-12-11-13-21-15(6,18-9-3)19-10-4/h7-13,20-21H2,1-6H3. The molecular formula is C15H36O4Si2. The fourth-order valence-electron chi connectivity index (χ4n) is 2.66. The fourth-order valence-corrected chi connectivity index (χ4v) is 7.25. The minimum atomic E-state index is -0.384. The second kappa shape index (κ2) is 11.8. The molecule has 0 aromatic rings. The van der Waals surface area contributed by atoms with Crippen molar-refractivity contribution >= 4 is 19.0 Å². The van der Waals surface area contributed by atoms with Crippen LogP contribution in [0.1, 0.15) is 48.0 Å². The number of rotatable bonds is 14. The van der Waals surface area contributed by atoms with Crippen molar-refractivity contribution in [2.45, 2.75) is 70.9 Å². The summed E-state index contributed by atoms with van der Waals surface area (Å²) in [5.74, 6) is 0. The van der Waals surface area contributed by atoms with Gasteiger partial charge in [0.25, 0.3) is 0 Å². The van der Waals surface area contributed by atoms with Crippen molar-refractivity contribution in [2.24, 2.45) is 0 Å². The molecular weight excluding hydrogens is 300 g/mol. The Balaban J connectivity index is 4.01. The van der Waals surface area contributed by atoms with Gasteiger partial charge >= 0.3 is 0 Å². The summed E-state index contributed by atoms with van der Waals surface area (Å²) in [6, 6.07) is 2.52. The molecule has 0 saturated carbocycles. The Morgan fingerprint density at radius 2 is 0.905 bits per heavy atom. The van der Waals surface area contributed by atoms with Gasteiger partial charge in [-0.15, -0.1) is 0 Å². The topological polar surface area (TPSA) is 36.9 Å². The Labute approximate surface area is 135 Å². The molecule has 0 radical (unpaired) electrons. The third kappa shape index (κ3) is 9.81. The van der Waals surface area contributed by atoms with Crippen LogP contribution < -0.4 is 0 Å². The van der Waals surface area contributed by atoms with Gasteiger partial charge in [-0.3, -0.25) is 0 Å². The summed E-state index contributed by atoms with van der Waals surface area (Å²) in [5.41, 5.74) is -0.567. The maximum Gasteiger partial charge on any atom is 0.142 e. The normalized spacial score (nSPS) is 14.0. The van der Waals surface area contributed by atoms with E-state index < -0.39 is 0 Å². The smallest absolute Gasteiger partial charge is 0.142 e. The van der Waals surface area contributed by atoms with Crippen LogP contribution in [0.15, 0.2) is 0 Å². The molecule has 0 rings (SSSR count). The lowest BCUT2D eigenvalue weighted by atomic mass is 10.6. The van der Waals surface area contributed by atoms with Crippen LogP contribution in [0, 0.1) is 0 Å². The molecule has 0 heterocycles. The summed E-state index contributed by atoms with van der Waals surface area (Å²) in [5, 5.41) is 0. The predicted molar refractivity (Wildman–Crippen MR) is 94.6 cm³/mol.